The molecule has 1 aromatic carbocycles. The van der Waals surface area contributed by atoms with Gasteiger partial charge in [-0.1, -0.05) is 18.2 Å². The summed E-state index contributed by atoms with van der Waals surface area (Å²) in [4.78, 5) is 2.47. The number of aryl methyl sites for hydroxylation is 1. The van der Waals surface area contributed by atoms with Crippen LogP contribution in [0, 0.1) is 0 Å². The van der Waals surface area contributed by atoms with E-state index in [4.69, 9.17) is 0 Å². The normalized spacial score (nSPS) is 13.7. The molecule has 0 radical (unpaired) electrons. The summed E-state index contributed by atoms with van der Waals surface area (Å²) in [5, 5.41) is 7.71. The highest BCUT2D eigenvalue weighted by molar-refractivity contribution is 5.85. The Bertz CT molecular complexity index is 556. The Kier molecular flexibility index (Phi) is 7.02. The number of fused-ring (bicyclic) bond motifs is 1. The molecule has 4 nitrogen and oxygen atoms in total. The minimum Gasteiger partial charge on any atom is -0.370 e. The molecule has 0 bridgehead atoms. The molecule has 0 saturated heterocycles. The first kappa shape index (κ1) is 17.8. The molecule has 0 atom stereocenters. The Morgan fingerprint density at radius 3 is 2.81 bits per heavy atom. The van der Waals surface area contributed by atoms with E-state index in [1.165, 1.54) is 16.8 Å². The van der Waals surface area contributed by atoms with Crippen molar-refractivity contribution >= 4 is 30.5 Å². The van der Waals surface area contributed by atoms with Crippen LogP contribution < -0.4 is 10.2 Å². The van der Waals surface area contributed by atoms with Gasteiger partial charge in [-0.15, -0.1) is 24.8 Å². The van der Waals surface area contributed by atoms with Crippen LogP contribution in [0.15, 0.2) is 36.7 Å². The standard InChI is InChI=1S/C15H20N4.2ClH/c1-18-12-13(10-17-18)6-8-19-9-7-16-11-14-4-2-3-5-15(14)19;;/h2-5,10,12,16H,6-9,11H2,1H3;2*1H. The molecule has 116 valence electrons. The van der Waals surface area contributed by atoms with E-state index in [-0.39, 0.29) is 24.8 Å². The fraction of sp³-hybridized carbons (Fsp3) is 0.400. The number of hydrogen-bond donors (Lipinski definition) is 1. The van der Waals surface area contributed by atoms with Gasteiger partial charge >= 0.3 is 0 Å². The van der Waals surface area contributed by atoms with Crippen LogP contribution in [-0.2, 0) is 20.0 Å². The van der Waals surface area contributed by atoms with Gasteiger partial charge in [0.15, 0.2) is 0 Å². The molecule has 0 fully saturated rings. The zero-order valence-electron chi connectivity index (χ0n) is 12.2. The van der Waals surface area contributed by atoms with E-state index in [0.717, 1.165) is 32.6 Å². The molecule has 2 aromatic rings. The van der Waals surface area contributed by atoms with Crippen molar-refractivity contribution in [1.29, 1.82) is 0 Å². The zero-order chi connectivity index (χ0) is 13.1. The van der Waals surface area contributed by atoms with Crippen molar-refractivity contribution in [2.75, 3.05) is 24.5 Å². The summed E-state index contributed by atoms with van der Waals surface area (Å²) >= 11 is 0. The molecule has 21 heavy (non-hydrogen) atoms. The van der Waals surface area contributed by atoms with Gasteiger partial charge in [-0.25, -0.2) is 0 Å². The molecular weight excluding hydrogens is 307 g/mol. The molecule has 1 N–H and O–H groups in total. The number of halogens is 2. The van der Waals surface area contributed by atoms with Crippen LogP contribution in [0.3, 0.4) is 0 Å². The maximum atomic E-state index is 4.23. The van der Waals surface area contributed by atoms with Crippen molar-refractivity contribution in [3.05, 3.63) is 47.8 Å². The highest BCUT2D eigenvalue weighted by Gasteiger charge is 2.14. The molecule has 0 amide bonds. The molecule has 1 aromatic heterocycles. The Morgan fingerprint density at radius 2 is 2.05 bits per heavy atom. The maximum Gasteiger partial charge on any atom is 0.0522 e. The third kappa shape index (κ3) is 4.37. The first-order valence-electron chi connectivity index (χ1n) is 6.84. The van der Waals surface area contributed by atoms with E-state index in [2.05, 4.69) is 45.8 Å². The van der Waals surface area contributed by atoms with Gasteiger partial charge in [0.2, 0.25) is 0 Å². The van der Waals surface area contributed by atoms with E-state index < -0.39 is 0 Å². The molecule has 2 heterocycles. The quantitative estimate of drug-likeness (QED) is 0.939. The number of hydrogen-bond acceptors (Lipinski definition) is 3. The van der Waals surface area contributed by atoms with Crippen LogP contribution in [0.5, 0.6) is 0 Å². The first-order chi connectivity index (χ1) is 9.33. The molecular formula is C15H22Cl2N4. The zero-order valence-corrected chi connectivity index (χ0v) is 13.8. The SMILES string of the molecule is Cl.Cl.Cn1cc(CCN2CCNCc3ccccc32)cn1. The number of rotatable bonds is 3. The Labute approximate surface area is 138 Å². The summed E-state index contributed by atoms with van der Waals surface area (Å²) in [7, 11) is 1.97. The van der Waals surface area contributed by atoms with Crippen molar-refractivity contribution in [2.24, 2.45) is 7.05 Å². The van der Waals surface area contributed by atoms with Gasteiger partial charge in [-0.3, -0.25) is 4.68 Å². The lowest BCUT2D eigenvalue weighted by Crippen LogP contribution is -2.30. The minimum absolute atomic E-state index is 0. The molecule has 0 spiro atoms. The van der Waals surface area contributed by atoms with E-state index in [1.807, 2.05) is 17.9 Å². The van der Waals surface area contributed by atoms with Crippen molar-refractivity contribution < 1.29 is 0 Å². The predicted octanol–water partition coefficient (Wildman–Crippen LogP) is 2.42. The van der Waals surface area contributed by atoms with Crippen LogP contribution in [0.4, 0.5) is 5.69 Å². The summed E-state index contributed by atoms with van der Waals surface area (Å²) < 4.78 is 1.87. The Morgan fingerprint density at radius 1 is 1.24 bits per heavy atom. The van der Waals surface area contributed by atoms with E-state index >= 15 is 0 Å². The number of nitrogens with one attached hydrogen (secondary N) is 1. The van der Waals surface area contributed by atoms with E-state index in [1.54, 1.807) is 0 Å². The monoisotopic (exact) mass is 328 g/mol. The fourth-order valence-corrected chi connectivity index (χ4v) is 2.62. The van der Waals surface area contributed by atoms with Gasteiger partial charge in [0, 0.05) is 45.1 Å². The summed E-state index contributed by atoms with van der Waals surface area (Å²) in [5.74, 6) is 0. The first-order valence-corrected chi connectivity index (χ1v) is 6.84. The number of anilines is 1. The molecule has 0 saturated carbocycles. The van der Waals surface area contributed by atoms with Gasteiger partial charge in [-0.2, -0.15) is 5.10 Å². The highest BCUT2D eigenvalue weighted by atomic mass is 35.5. The van der Waals surface area contributed by atoms with Gasteiger partial charge in [-0.05, 0) is 23.6 Å². The second-order valence-corrected chi connectivity index (χ2v) is 5.06. The van der Waals surface area contributed by atoms with Crippen molar-refractivity contribution in [3.8, 4) is 0 Å². The summed E-state index contributed by atoms with van der Waals surface area (Å²) in [6.45, 7) is 4.13. The molecule has 0 unspecified atom stereocenters. The molecule has 1 aliphatic rings. The average Bonchev–Trinajstić information content (AvgIpc) is 2.73. The topological polar surface area (TPSA) is 33.1 Å². The molecule has 0 aliphatic carbocycles. The highest BCUT2D eigenvalue weighted by Crippen LogP contribution is 2.22. The minimum atomic E-state index is 0. The largest absolute Gasteiger partial charge is 0.370 e. The van der Waals surface area contributed by atoms with Crippen molar-refractivity contribution in [2.45, 2.75) is 13.0 Å². The second kappa shape index (κ2) is 8.27. The smallest absolute Gasteiger partial charge is 0.0522 e. The van der Waals surface area contributed by atoms with Crippen molar-refractivity contribution in [3.63, 3.8) is 0 Å². The Hall–Kier alpha value is -1.23. The van der Waals surface area contributed by atoms with Crippen molar-refractivity contribution in [1.82, 2.24) is 15.1 Å². The van der Waals surface area contributed by atoms with Crippen LogP contribution in [0.2, 0.25) is 0 Å². The summed E-state index contributed by atoms with van der Waals surface area (Å²) in [6, 6.07) is 8.68. The lowest BCUT2D eigenvalue weighted by atomic mass is 10.1. The number of nitrogens with zero attached hydrogens (tertiary/aromatic N) is 3. The van der Waals surface area contributed by atoms with E-state index in [9.17, 15) is 0 Å². The van der Waals surface area contributed by atoms with Crippen LogP contribution >= 0.6 is 24.8 Å². The third-order valence-corrected chi connectivity index (χ3v) is 3.63. The van der Waals surface area contributed by atoms with Crippen LogP contribution in [-0.4, -0.2) is 29.4 Å². The molecule has 1 aliphatic heterocycles. The summed E-state index contributed by atoms with van der Waals surface area (Å²) in [5.41, 5.74) is 4.07. The van der Waals surface area contributed by atoms with Gasteiger partial charge < -0.3 is 10.2 Å². The van der Waals surface area contributed by atoms with Crippen LogP contribution in [0.25, 0.3) is 0 Å². The summed E-state index contributed by atoms with van der Waals surface area (Å²) in [6.07, 6.45) is 5.10. The van der Waals surface area contributed by atoms with E-state index in [0.29, 0.717) is 0 Å². The Balaban J connectivity index is 0.00000110. The maximum absolute atomic E-state index is 4.23. The average molecular weight is 329 g/mol. The predicted molar refractivity (Wildman–Crippen MR) is 91.8 cm³/mol. The van der Waals surface area contributed by atoms with Gasteiger partial charge in [0.05, 0.1) is 6.20 Å². The second-order valence-electron chi connectivity index (χ2n) is 5.06. The third-order valence-electron chi connectivity index (χ3n) is 3.63. The van der Waals surface area contributed by atoms with Gasteiger partial charge in [0.25, 0.3) is 0 Å². The lowest BCUT2D eigenvalue weighted by Gasteiger charge is -2.24. The fourth-order valence-electron chi connectivity index (χ4n) is 2.62. The number of para-hydroxylation sites is 1. The molecule has 3 rings (SSSR count). The number of benzene rings is 1. The van der Waals surface area contributed by atoms with Crippen LogP contribution in [0.1, 0.15) is 11.1 Å². The number of aromatic nitrogens is 2. The van der Waals surface area contributed by atoms with Gasteiger partial charge in [0.1, 0.15) is 0 Å². The molecule has 6 heteroatoms. The lowest BCUT2D eigenvalue weighted by molar-refractivity contribution is 0.686.